The Morgan fingerprint density at radius 2 is 1.81 bits per heavy atom. The third-order valence-electron chi connectivity index (χ3n) is 3.91. The van der Waals surface area contributed by atoms with E-state index in [0.29, 0.717) is 16.8 Å². The van der Waals surface area contributed by atoms with Crippen LogP contribution in [0, 0.1) is 0 Å². The van der Waals surface area contributed by atoms with E-state index in [9.17, 15) is 23.1 Å². The lowest BCUT2D eigenvalue weighted by molar-refractivity contribution is -0.138. The number of aromatic carboxylic acids is 1. The van der Waals surface area contributed by atoms with Gasteiger partial charge < -0.3 is 10.2 Å². The number of halogens is 3. The van der Waals surface area contributed by atoms with E-state index in [1.54, 1.807) is 30.7 Å². The molecule has 0 spiro atoms. The topological polar surface area (TPSA) is 88.2 Å². The quantitative estimate of drug-likeness (QED) is 0.712. The number of aromatic nitrogens is 3. The van der Waals surface area contributed by atoms with Gasteiger partial charge in [0.15, 0.2) is 0 Å². The number of carbonyl (C=O) groups is 1. The number of rotatable bonds is 5. The van der Waals surface area contributed by atoms with Gasteiger partial charge in [0.25, 0.3) is 0 Å². The van der Waals surface area contributed by atoms with Gasteiger partial charge in [-0.2, -0.15) is 18.3 Å². The van der Waals surface area contributed by atoms with Crippen molar-refractivity contribution in [2.24, 2.45) is 0 Å². The first-order valence-corrected chi connectivity index (χ1v) is 7.85. The Kier molecular flexibility index (Phi) is 4.95. The number of nitrogens with zero attached hydrogens (tertiary/aromatic N) is 3. The van der Waals surface area contributed by atoms with Crippen molar-refractivity contribution in [3.63, 3.8) is 0 Å². The number of hydrogen-bond acceptors (Lipinski definition) is 4. The monoisotopic (exact) mass is 377 g/mol. The van der Waals surface area contributed by atoms with Gasteiger partial charge in [0.1, 0.15) is 5.69 Å². The fourth-order valence-corrected chi connectivity index (χ4v) is 2.71. The summed E-state index contributed by atoms with van der Waals surface area (Å²) in [4.78, 5) is 15.3. The van der Waals surface area contributed by atoms with E-state index in [2.05, 4.69) is 10.1 Å². The number of pyridine rings is 1. The Morgan fingerprint density at radius 3 is 2.41 bits per heavy atom. The van der Waals surface area contributed by atoms with Crippen LogP contribution in [-0.4, -0.2) is 37.6 Å². The van der Waals surface area contributed by atoms with Crippen LogP contribution < -0.4 is 0 Å². The van der Waals surface area contributed by atoms with E-state index in [-0.39, 0.29) is 18.7 Å². The molecule has 1 aromatic carbocycles. The molecule has 0 radical (unpaired) electrons. The summed E-state index contributed by atoms with van der Waals surface area (Å²) >= 11 is 0. The minimum Gasteiger partial charge on any atom is -0.478 e. The molecule has 3 aromatic rings. The third kappa shape index (κ3) is 3.82. The molecule has 0 saturated heterocycles. The first-order valence-electron chi connectivity index (χ1n) is 7.85. The fourth-order valence-electron chi connectivity index (χ4n) is 2.71. The molecular formula is C18H14F3N3O3. The van der Waals surface area contributed by atoms with Gasteiger partial charge in [-0.05, 0) is 29.8 Å². The van der Waals surface area contributed by atoms with Crippen LogP contribution in [0.1, 0.15) is 15.9 Å². The van der Waals surface area contributed by atoms with Crippen molar-refractivity contribution in [3.05, 3.63) is 60.0 Å². The predicted molar refractivity (Wildman–Crippen MR) is 89.9 cm³/mol. The van der Waals surface area contributed by atoms with Crippen molar-refractivity contribution in [3.8, 4) is 22.4 Å². The average Bonchev–Trinajstić information content (AvgIpc) is 3.05. The highest BCUT2D eigenvalue weighted by Gasteiger charge is 2.35. The van der Waals surface area contributed by atoms with Crippen molar-refractivity contribution < 1.29 is 28.2 Å². The summed E-state index contributed by atoms with van der Waals surface area (Å²) in [5.74, 6) is -1.67. The first-order chi connectivity index (χ1) is 12.8. The Bertz CT molecular complexity index is 969. The van der Waals surface area contributed by atoms with Crippen molar-refractivity contribution in [1.29, 1.82) is 0 Å². The standard InChI is InChI=1S/C18H14F3N3O3/c19-18(20,21)15-2-1-12(9-13(15)17(26)27)14-10-24(7-8-25)23-16(14)11-3-5-22-6-4-11/h1-6,9-10,25H,7-8H2,(H,26,27). The van der Waals surface area contributed by atoms with Gasteiger partial charge in [0.2, 0.25) is 0 Å². The summed E-state index contributed by atoms with van der Waals surface area (Å²) in [6.45, 7) is 0.00873. The number of benzene rings is 1. The second-order valence-corrected chi connectivity index (χ2v) is 5.68. The Hall–Kier alpha value is -3.20. The molecule has 0 amide bonds. The van der Waals surface area contributed by atoms with E-state index >= 15 is 0 Å². The van der Waals surface area contributed by atoms with E-state index in [0.717, 1.165) is 12.1 Å². The van der Waals surface area contributed by atoms with Crippen LogP contribution in [0.2, 0.25) is 0 Å². The number of aliphatic hydroxyl groups excluding tert-OH is 1. The molecule has 2 aromatic heterocycles. The normalized spacial score (nSPS) is 11.6. The molecule has 6 nitrogen and oxygen atoms in total. The molecule has 0 aliphatic carbocycles. The predicted octanol–water partition coefficient (Wildman–Crippen LogP) is 3.32. The molecule has 2 heterocycles. The number of carboxylic acids is 1. The highest BCUT2D eigenvalue weighted by molar-refractivity contribution is 5.92. The van der Waals surface area contributed by atoms with Crippen LogP contribution in [-0.2, 0) is 12.7 Å². The van der Waals surface area contributed by atoms with Crippen LogP contribution in [0.15, 0.2) is 48.9 Å². The maximum atomic E-state index is 13.1. The van der Waals surface area contributed by atoms with Gasteiger partial charge >= 0.3 is 12.1 Å². The lowest BCUT2D eigenvalue weighted by Gasteiger charge is -2.12. The second kappa shape index (κ2) is 7.20. The van der Waals surface area contributed by atoms with E-state index in [4.69, 9.17) is 5.11 Å². The van der Waals surface area contributed by atoms with Crippen LogP contribution in [0.3, 0.4) is 0 Å². The molecule has 140 valence electrons. The average molecular weight is 377 g/mol. The van der Waals surface area contributed by atoms with E-state index < -0.39 is 23.3 Å². The molecule has 0 atom stereocenters. The smallest absolute Gasteiger partial charge is 0.417 e. The van der Waals surface area contributed by atoms with Gasteiger partial charge in [-0.1, -0.05) is 6.07 Å². The first kappa shape index (κ1) is 18.6. The van der Waals surface area contributed by atoms with Crippen molar-refractivity contribution in [1.82, 2.24) is 14.8 Å². The largest absolute Gasteiger partial charge is 0.478 e. The van der Waals surface area contributed by atoms with Crippen LogP contribution >= 0.6 is 0 Å². The van der Waals surface area contributed by atoms with Crippen LogP contribution in [0.25, 0.3) is 22.4 Å². The lowest BCUT2D eigenvalue weighted by Crippen LogP contribution is -2.12. The number of hydrogen-bond donors (Lipinski definition) is 2. The summed E-state index contributed by atoms with van der Waals surface area (Å²) in [7, 11) is 0. The molecule has 27 heavy (non-hydrogen) atoms. The highest BCUT2D eigenvalue weighted by atomic mass is 19.4. The maximum Gasteiger partial charge on any atom is 0.417 e. The van der Waals surface area contributed by atoms with Crippen molar-refractivity contribution >= 4 is 5.97 Å². The lowest BCUT2D eigenvalue weighted by atomic mass is 9.97. The molecule has 9 heteroatoms. The van der Waals surface area contributed by atoms with Crippen LogP contribution in [0.5, 0.6) is 0 Å². The SMILES string of the molecule is O=C(O)c1cc(-c2cn(CCO)nc2-c2ccncc2)ccc1C(F)(F)F. The molecule has 0 bridgehead atoms. The Labute approximate surface area is 151 Å². The molecule has 0 unspecified atom stereocenters. The molecule has 0 aliphatic heterocycles. The van der Waals surface area contributed by atoms with Gasteiger partial charge in [0.05, 0.1) is 24.3 Å². The number of carboxylic acid groups (broad SMARTS) is 1. The Morgan fingerprint density at radius 1 is 1.11 bits per heavy atom. The molecule has 3 rings (SSSR count). The summed E-state index contributed by atoms with van der Waals surface area (Å²) in [6, 6.07) is 6.30. The zero-order valence-electron chi connectivity index (χ0n) is 13.8. The molecule has 2 N–H and O–H groups in total. The number of aliphatic hydroxyl groups is 1. The van der Waals surface area contributed by atoms with Crippen LogP contribution in [0.4, 0.5) is 13.2 Å². The maximum absolute atomic E-state index is 13.1. The number of alkyl halides is 3. The molecule has 0 saturated carbocycles. The summed E-state index contributed by atoms with van der Waals surface area (Å²) in [5.41, 5.74) is -0.222. The highest BCUT2D eigenvalue weighted by Crippen LogP contribution is 2.36. The third-order valence-corrected chi connectivity index (χ3v) is 3.91. The van der Waals surface area contributed by atoms with Gasteiger partial charge in [0, 0.05) is 29.7 Å². The molecule has 0 fully saturated rings. The zero-order valence-corrected chi connectivity index (χ0v) is 13.8. The molecular weight excluding hydrogens is 363 g/mol. The minimum absolute atomic E-state index is 0.176. The van der Waals surface area contributed by atoms with E-state index in [1.165, 1.54) is 10.7 Å². The fraction of sp³-hybridized carbons (Fsp3) is 0.167. The van der Waals surface area contributed by atoms with Gasteiger partial charge in [-0.3, -0.25) is 9.67 Å². The summed E-state index contributed by atoms with van der Waals surface area (Å²) in [5, 5.41) is 22.7. The summed E-state index contributed by atoms with van der Waals surface area (Å²) < 4.78 is 40.7. The summed E-state index contributed by atoms with van der Waals surface area (Å²) in [6.07, 6.45) is -0.138. The Balaban J connectivity index is 2.19. The van der Waals surface area contributed by atoms with Gasteiger partial charge in [-0.15, -0.1) is 0 Å². The van der Waals surface area contributed by atoms with Crippen molar-refractivity contribution in [2.75, 3.05) is 6.61 Å². The zero-order chi connectivity index (χ0) is 19.6. The second-order valence-electron chi connectivity index (χ2n) is 5.68. The molecule has 0 aliphatic rings. The minimum atomic E-state index is -4.78. The van der Waals surface area contributed by atoms with E-state index in [1.807, 2.05) is 0 Å². The van der Waals surface area contributed by atoms with Gasteiger partial charge in [-0.25, -0.2) is 4.79 Å². The van der Waals surface area contributed by atoms with Crippen molar-refractivity contribution in [2.45, 2.75) is 12.7 Å².